The van der Waals surface area contributed by atoms with Crippen molar-refractivity contribution in [3.05, 3.63) is 43.0 Å². The van der Waals surface area contributed by atoms with Gasteiger partial charge in [0.25, 0.3) is 0 Å². The van der Waals surface area contributed by atoms with Crippen LogP contribution in [0.4, 0.5) is 5.82 Å². The minimum Gasteiger partial charge on any atom is -0.381 e. The lowest BCUT2D eigenvalue weighted by Gasteiger charge is -2.53. The second kappa shape index (κ2) is 6.82. The number of aromatic nitrogens is 3. The van der Waals surface area contributed by atoms with E-state index in [2.05, 4.69) is 44.2 Å². The van der Waals surface area contributed by atoms with Gasteiger partial charge in [-0.05, 0) is 49.4 Å². The van der Waals surface area contributed by atoms with Crippen molar-refractivity contribution < 1.29 is 9.47 Å². The minimum atomic E-state index is 0.458. The van der Waals surface area contributed by atoms with Crippen molar-refractivity contribution in [3.63, 3.8) is 0 Å². The van der Waals surface area contributed by atoms with Gasteiger partial charge in [0.15, 0.2) is 0 Å². The Morgan fingerprint density at radius 1 is 1.07 bits per heavy atom. The molecule has 6 rings (SSSR count). The fraction of sp³-hybridized carbons (Fsp3) is 0.478. The number of anilines is 1. The molecule has 0 aromatic carbocycles. The van der Waals surface area contributed by atoms with E-state index < -0.39 is 0 Å². The first-order chi connectivity index (χ1) is 14.3. The third-order valence-corrected chi connectivity index (χ3v) is 6.82. The summed E-state index contributed by atoms with van der Waals surface area (Å²) in [6.07, 6.45) is 12.6. The topological polar surface area (TPSA) is 61.2 Å². The maximum absolute atomic E-state index is 5.57. The van der Waals surface area contributed by atoms with E-state index in [-0.39, 0.29) is 0 Å². The van der Waals surface area contributed by atoms with Crippen LogP contribution in [0.3, 0.4) is 0 Å². The maximum atomic E-state index is 5.57. The van der Waals surface area contributed by atoms with E-state index in [0.29, 0.717) is 17.5 Å². The molecule has 6 nitrogen and oxygen atoms in total. The van der Waals surface area contributed by atoms with Crippen molar-refractivity contribution in [1.29, 1.82) is 0 Å². The quantitative estimate of drug-likeness (QED) is 0.728. The van der Waals surface area contributed by atoms with Crippen LogP contribution in [0, 0.1) is 5.41 Å². The lowest BCUT2D eigenvalue weighted by molar-refractivity contribution is -0.159. The smallest absolute Gasteiger partial charge is 0.126 e. The van der Waals surface area contributed by atoms with Gasteiger partial charge < -0.3 is 19.4 Å². The molecule has 0 radical (unpaired) electrons. The Balaban J connectivity index is 1.30. The van der Waals surface area contributed by atoms with Gasteiger partial charge in [0.1, 0.15) is 5.82 Å². The van der Waals surface area contributed by atoms with Crippen molar-refractivity contribution >= 4 is 16.7 Å². The number of ether oxygens (including phenoxy) is 2. The third kappa shape index (κ3) is 3.02. The van der Waals surface area contributed by atoms with Crippen LogP contribution < -0.4 is 5.32 Å². The van der Waals surface area contributed by atoms with E-state index >= 15 is 0 Å². The van der Waals surface area contributed by atoms with E-state index in [1.807, 2.05) is 18.6 Å². The molecule has 1 aliphatic carbocycles. The van der Waals surface area contributed by atoms with Gasteiger partial charge >= 0.3 is 0 Å². The lowest BCUT2D eigenvalue weighted by Crippen LogP contribution is -2.56. The van der Waals surface area contributed by atoms with Crippen LogP contribution in [0.2, 0.25) is 0 Å². The first-order valence-corrected chi connectivity index (χ1v) is 10.6. The summed E-state index contributed by atoms with van der Waals surface area (Å²) >= 11 is 0. The van der Waals surface area contributed by atoms with Crippen LogP contribution in [-0.2, 0) is 9.47 Å². The number of hydrogen-bond donors (Lipinski definition) is 1. The summed E-state index contributed by atoms with van der Waals surface area (Å²) in [6.45, 7) is 3.52. The summed E-state index contributed by atoms with van der Waals surface area (Å²) < 4.78 is 13.4. The van der Waals surface area contributed by atoms with Gasteiger partial charge in [0.05, 0.1) is 24.9 Å². The van der Waals surface area contributed by atoms with Crippen LogP contribution in [0.15, 0.2) is 43.0 Å². The number of fused-ring (bicyclic) bond motifs is 1. The number of rotatable bonds is 4. The van der Waals surface area contributed by atoms with Gasteiger partial charge in [-0.3, -0.25) is 4.98 Å². The molecule has 1 spiro atoms. The van der Waals surface area contributed by atoms with Gasteiger partial charge in [-0.1, -0.05) is 0 Å². The highest BCUT2D eigenvalue weighted by Crippen LogP contribution is 2.48. The SMILES string of the molecule is c1cc2c(-c3ccnc(NC4CC5(COC5)C4)c3)cn(C3CCOCC3)c2cn1. The fourth-order valence-electron chi connectivity index (χ4n) is 5.19. The molecular formula is C23H26N4O2. The van der Waals surface area contributed by atoms with Crippen LogP contribution in [0.5, 0.6) is 0 Å². The van der Waals surface area contributed by atoms with Gasteiger partial charge in [-0.25, -0.2) is 4.98 Å². The normalized spacial score (nSPS) is 21.8. The number of nitrogens with one attached hydrogen (secondary N) is 1. The molecule has 1 saturated carbocycles. The molecule has 150 valence electrons. The Morgan fingerprint density at radius 2 is 1.93 bits per heavy atom. The van der Waals surface area contributed by atoms with E-state index in [1.165, 1.54) is 34.9 Å². The largest absolute Gasteiger partial charge is 0.381 e. The van der Waals surface area contributed by atoms with Gasteiger partial charge in [-0.15, -0.1) is 0 Å². The predicted octanol–water partition coefficient (Wildman–Crippen LogP) is 4.04. The average molecular weight is 390 g/mol. The minimum absolute atomic E-state index is 0.458. The maximum Gasteiger partial charge on any atom is 0.126 e. The predicted molar refractivity (Wildman–Crippen MR) is 112 cm³/mol. The highest BCUT2D eigenvalue weighted by Gasteiger charge is 2.49. The first-order valence-electron chi connectivity index (χ1n) is 10.6. The summed E-state index contributed by atoms with van der Waals surface area (Å²) in [5.74, 6) is 0.962. The molecule has 1 N–H and O–H groups in total. The van der Waals surface area contributed by atoms with Crippen molar-refractivity contribution in [1.82, 2.24) is 14.5 Å². The van der Waals surface area contributed by atoms with Crippen LogP contribution in [-0.4, -0.2) is 47.0 Å². The molecule has 29 heavy (non-hydrogen) atoms. The Kier molecular flexibility index (Phi) is 4.09. The van der Waals surface area contributed by atoms with E-state index in [4.69, 9.17) is 9.47 Å². The zero-order valence-corrected chi connectivity index (χ0v) is 16.5. The molecule has 3 aliphatic rings. The second-order valence-electron chi connectivity index (χ2n) is 8.86. The summed E-state index contributed by atoms with van der Waals surface area (Å²) in [5.41, 5.74) is 4.10. The monoisotopic (exact) mass is 390 g/mol. The standard InChI is InChI=1S/C23H26N4O2/c1-6-25-22(26-17-10-23(11-17)14-29-15-23)9-16(1)20-13-27(18-3-7-28-8-4-18)21-12-24-5-2-19(20)21/h1-2,5-6,9,12-13,17-18H,3-4,7-8,10-11,14-15H2,(H,25,26). The van der Waals surface area contributed by atoms with Crippen molar-refractivity contribution in [2.24, 2.45) is 5.41 Å². The van der Waals surface area contributed by atoms with Crippen LogP contribution in [0.1, 0.15) is 31.7 Å². The van der Waals surface area contributed by atoms with E-state index in [1.54, 1.807) is 0 Å². The molecule has 0 amide bonds. The van der Waals surface area contributed by atoms with E-state index in [0.717, 1.165) is 45.1 Å². The molecule has 3 aromatic rings. The molecule has 3 aromatic heterocycles. The molecule has 2 aliphatic heterocycles. The van der Waals surface area contributed by atoms with Crippen LogP contribution in [0.25, 0.3) is 22.0 Å². The Hall–Kier alpha value is -2.44. The molecular weight excluding hydrogens is 364 g/mol. The van der Waals surface area contributed by atoms with Crippen molar-refractivity contribution in [2.45, 2.75) is 37.8 Å². The number of pyridine rings is 2. The average Bonchev–Trinajstić information content (AvgIpc) is 3.10. The van der Waals surface area contributed by atoms with Crippen molar-refractivity contribution in [3.8, 4) is 11.1 Å². The molecule has 5 heterocycles. The molecule has 3 fully saturated rings. The molecule has 0 bridgehead atoms. The van der Waals surface area contributed by atoms with Crippen molar-refractivity contribution in [2.75, 3.05) is 31.7 Å². The van der Waals surface area contributed by atoms with Gasteiger partial charge in [0.2, 0.25) is 0 Å². The summed E-state index contributed by atoms with van der Waals surface area (Å²) in [4.78, 5) is 8.97. The molecule has 2 saturated heterocycles. The number of nitrogens with zero attached hydrogens (tertiary/aromatic N) is 3. The van der Waals surface area contributed by atoms with Crippen LogP contribution >= 0.6 is 0 Å². The van der Waals surface area contributed by atoms with Gasteiger partial charge in [0, 0.05) is 60.3 Å². The highest BCUT2D eigenvalue weighted by molar-refractivity contribution is 5.96. The molecule has 0 atom stereocenters. The molecule has 0 unspecified atom stereocenters. The summed E-state index contributed by atoms with van der Waals surface area (Å²) in [6, 6.07) is 7.40. The zero-order valence-electron chi connectivity index (χ0n) is 16.5. The zero-order chi connectivity index (χ0) is 19.3. The van der Waals surface area contributed by atoms with E-state index in [9.17, 15) is 0 Å². The third-order valence-electron chi connectivity index (χ3n) is 6.82. The Bertz CT molecular complexity index is 1030. The fourth-order valence-corrected chi connectivity index (χ4v) is 5.19. The highest BCUT2D eigenvalue weighted by atomic mass is 16.5. The summed E-state index contributed by atoms with van der Waals surface area (Å²) in [5, 5.41) is 4.88. The Morgan fingerprint density at radius 3 is 2.72 bits per heavy atom. The second-order valence-corrected chi connectivity index (χ2v) is 8.86. The number of hydrogen-bond acceptors (Lipinski definition) is 5. The lowest BCUT2D eigenvalue weighted by atomic mass is 9.64. The first kappa shape index (κ1) is 17.4. The summed E-state index contributed by atoms with van der Waals surface area (Å²) in [7, 11) is 0. The molecule has 6 heteroatoms. The van der Waals surface area contributed by atoms with Gasteiger partial charge in [-0.2, -0.15) is 0 Å². The Labute approximate surface area is 170 Å².